The summed E-state index contributed by atoms with van der Waals surface area (Å²) in [6, 6.07) is 0. The Morgan fingerprint density at radius 2 is 2.07 bits per heavy atom. The van der Waals surface area contributed by atoms with Crippen LogP contribution < -0.4 is 5.32 Å². The molecule has 2 aliphatic heterocycles. The van der Waals surface area contributed by atoms with Gasteiger partial charge in [-0.15, -0.1) is 0 Å². The minimum atomic E-state index is -1.38. The Morgan fingerprint density at radius 1 is 1.33 bits per heavy atom. The molecule has 0 aromatic rings. The Kier molecular flexibility index (Phi) is 4.92. The summed E-state index contributed by atoms with van der Waals surface area (Å²) in [7, 11) is 0. The highest BCUT2D eigenvalue weighted by Gasteiger charge is 2.41. The summed E-state index contributed by atoms with van der Waals surface area (Å²) in [5.41, 5.74) is 0. The van der Waals surface area contributed by atoms with Crippen LogP contribution >= 0.6 is 0 Å². The third-order valence-electron chi connectivity index (χ3n) is 2.08. The lowest BCUT2D eigenvalue weighted by molar-refractivity contribution is -0.132. The molecule has 4 atom stereocenters. The van der Waals surface area contributed by atoms with Gasteiger partial charge in [-0.05, 0) is 0 Å². The molecule has 2 aliphatic rings. The van der Waals surface area contributed by atoms with Crippen LogP contribution in [-0.4, -0.2) is 71.1 Å². The molecule has 0 aliphatic carbocycles. The van der Waals surface area contributed by atoms with Crippen LogP contribution in [0, 0.1) is 0 Å². The fourth-order valence-corrected chi connectivity index (χ4v) is 1.20. The average Bonchev–Trinajstić information content (AvgIpc) is 2.87. The van der Waals surface area contributed by atoms with E-state index in [9.17, 15) is 0 Å². The largest absolute Gasteiger partial charge is 0.394 e. The summed E-state index contributed by atoms with van der Waals surface area (Å²) in [4.78, 5) is 3.85. The maximum Gasteiger partial charge on any atom is 0.184 e. The maximum atomic E-state index is 8.93. The van der Waals surface area contributed by atoms with E-state index in [-0.39, 0.29) is 0 Å². The maximum absolute atomic E-state index is 8.93. The van der Waals surface area contributed by atoms with Crippen molar-refractivity contribution < 1.29 is 25.2 Å². The molecule has 0 aromatic heterocycles. The molecule has 1 unspecified atom stereocenters. The molecule has 0 saturated carbocycles. The molecule has 0 bridgehead atoms. The Balaban J connectivity index is 0.000000187. The van der Waals surface area contributed by atoms with Crippen LogP contribution in [0.25, 0.3) is 0 Å². The first-order chi connectivity index (χ1) is 7.16. The standard InChI is InChI=1S/C5H10O5.C3H6N2/c6-1-2-3(7)4(8)5(9)10-2;1-2-5-3-4-1/h2-9H,1H2;3H,1-2H2,(H,4,5)/t2-,3-,4-,5?;/m1./s1. The van der Waals surface area contributed by atoms with E-state index in [1.807, 2.05) is 0 Å². The molecule has 5 N–H and O–H groups in total. The number of aliphatic hydroxyl groups excluding tert-OH is 4. The summed E-state index contributed by atoms with van der Waals surface area (Å²) in [6.07, 6.45) is -3.02. The van der Waals surface area contributed by atoms with Crippen LogP contribution in [0.4, 0.5) is 0 Å². The molecule has 1 fully saturated rings. The predicted octanol–water partition coefficient (Wildman–Crippen LogP) is -2.96. The van der Waals surface area contributed by atoms with Gasteiger partial charge in [0.2, 0.25) is 0 Å². The minimum Gasteiger partial charge on any atom is -0.394 e. The summed E-state index contributed by atoms with van der Waals surface area (Å²) in [6.45, 7) is 1.58. The van der Waals surface area contributed by atoms with Gasteiger partial charge in [0.25, 0.3) is 0 Å². The van der Waals surface area contributed by atoms with Crippen molar-refractivity contribution in [2.75, 3.05) is 19.7 Å². The highest BCUT2D eigenvalue weighted by atomic mass is 16.6. The van der Waals surface area contributed by atoms with Crippen molar-refractivity contribution >= 4 is 6.34 Å². The Hall–Kier alpha value is -0.730. The molecule has 15 heavy (non-hydrogen) atoms. The third kappa shape index (κ3) is 3.40. The number of nitrogens with one attached hydrogen (secondary N) is 1. The molecule has 88 valence electrons. The zero-order valence-electron chi connectivity index (χ0n) is 8.15. The van der Waals surface area contributed by atoms with Gasteiger partial charge in [-0.3, -0.25) is 4.99 Å². The van der Waals surface area contributed by atoms with Crippen molar-refractivity contribution in [1.29, 1.82) is 0 Å². The molecule has 7 heteroatoms. The number of rotatable bonds is 1. The molecular weight excluding hydrogens is 204 g/mol. The van der Waals surface area contributed by atoms with Crippen molar-refractivity contribution in [3.05, 3.63) is 0 Å². The summed E-state index contributed by atoms with van der Waals surface area (Å²) < 4.78 is 4.54. The first-order valence-corrected chi connectivity index (χ1v) is 4.69. The van der Waals surface area contributed by atoms with E-state index >= 15 is 0 Å². The Labute approximate surface area is 87.0 Å². The smallest absolute Gasteiger partial charge is 0.184 e. The van der Waals surface area contributed by atoms with E-state index in [4.69, 9.17) is 20.4 Å². The van der Waals surface area contributed by atoms with Crippen LogP contribution in [0.2, 0.25) is 0 Å². The molecule has 2 rings (SSSR count). The first-order valence-electron chi connectivity index (χ1n) is 4.69. The van der Waals surface area contributed by atoms with Gasteiger partial charge in [0.1, 0.15) is 18.3 Å². The van der Waals surface area contributed by atoms with Crippen molar-refractivity contribution in [3.8, 4) is 0 Å². The monoisotopic (exact) mass is 220 g/mol. The molecule has 0 radical (unpaired) electrons. The molecule has 0 spiro atoms. The molecule has 2 heterocycles. The van der Waals surface area contributed by atoms with Crippen molar-refractivity contribution in [1.82, 2.24) is 5.32 Å². The number of hydrogen-bond acceptors (Lipinski definition) is 7. The van der Waals surface area contributed by atoms with Crippen LogP contribution in [0.5, 0.6) is 0 Å². The van der Waals surface area contributed by atoms with Gasteiger partial charge in [0, 0.05) is 6.54 Å². The van der Waals surface area contributed by atoms with Crippen molar-refractivity contribution in [2.45, 2.75) is 24.6 Å². The summed E-state index contributed by atoms with van der Waals surface area (Å²) in [5.74, 6) is 0. The molecular formula is C8H16N2O5. The number of aliphatic imine (C=N–C) groups is 1. The van der Waals surface area contributed by atoms with Crippen molar-refractivity contribution in [2.24, 2.45) is 4.99 Å². The number of hydrogen-bond donors (Lipinski definition) is 5. The quantitative estimate of drug-likeness (QED) is 0.322. The first kappa shape index (κ1) is 12.3. The van der Waals surface area contributed by atoms with Crippen molar-refractivity contribution in [3.63, 3.8) is 0 Å². The number of ether oxygens (including phenoxy) is 1. The minimum absolute atomic E-state index is 0.407. The van der Waals surface area contributed by atoms with E-state index in [2.05, 4.69) is 15.0 Å². The SMILES string of the molecule is C1=NCCN1.OC[C@H]1OC(O)[C@H](O)[C@@H]1O. The van der Waals surface area contributed by atoms with Crippen LogP contribution in [0.1, 0.15) is 0 Å². The lowest BCUT2D eigenvalue weighted by atomic mass is 10.1. The fraction of sp³-hybridized carbons (Fsp3) is 0.875. The lowest BCUT2D eigenvalue weighted by Gasteiger charge is -2.09. The van der Waals surface area contributed by atoms with Gasteiger partial charge in [-0.25, -0.2) is 0 Å². The van der Waals surface area contributed by atoms with Crippen LogP contribution in [0.15, 0.2) is 4.99 Å². The molecule has 0 aromatic carbocycles. The van der Waals surface area contributed by atoms with E-state index in [0.717, 1.165) is 13.1 Å². The van der Waals surface area contributed by atoms with E-state index in [0.29, 0.717) is 0 Å². The fourth-order valence-electron chi connectivity index (χ4n) is 1.20. The Morgan fingerprint density at radius 3 is 2.27 bits per heavy atom. The Bertz CT molecular complexity index is 207. The number of aliphatic hydroxyl groups is 4. The average molecular weight is 220 g/mol. The highest BCUT2D eigenvalue weighted by molar-refractivity contribution is 5.56. The van der Waals surface area contributed by atoms with E-state index in [1.54, 1.807) is 6.34 Å². The van der Waals surface area contributed by atoms with E-state index in [1.165, 1.54) is 0 Å². The number of nitrogens with zero attached hydrogens (tertiary/aromatic N) is 1. The third-order valence-corrected chi connectivity index (χ3v) is 2.08. The normalized spacial score (nSPS) is 38.4. The van der Waals surface area contributed by atoms with E-state index < -0.39 is 31.2 Å². The second kappa shape index (κ2) is 5.99. The second-order valence-corrected chi connectivity index (χ2v) is 3.22. The zero-order chi connectivity index (χ0) is 11.3. The van der Waals surface area contributed by atoms with Crippen LogP contribution in [0.3, 0.4) is 0 Å². The van der Waals surface area contributed by atoms with Crippen LogP contribution in [-0.2, 0) is 4.74 Å². The summed E-state index contributed by atoms with van der Waals surface area (Å²) in [5, 5.41) is 37.9. The second-order valence-electron chi connectivity index (χ2n) is 3.22. The molecule has 7 nitrogen and oxygen atoms in total. The topological polar surface area (TPSA) is 115 Å². The van der Waals surface area contributed by atoms with Gasteiger partial charge < -0.3 is 30.5 Å². The highest BCUT2D eigenvalue weighted by Crippen LogP contribution is 2.18. The van der Waals surface area contributed by atoms with Gasteiger partial charge in [-0.1, -0.05) is 0 Å². The van der Waals surface area contributed by atoms with Gasteiger partial charge in [0.05, 0.1) is 19.5 Å². The lowest BCUT2D eigenvalue weighted by Crippen LogP contribution is -2.33. The summed E-state index contributed by atoms with van der Waals surface area (Å²) >= 11 is 0. The van der Waals surface area contributed by atoms with Gasteiger partial charge in [-0.2, -0.15) is 0 Å². The van der Waals surface area contributed by atoms with Gasteiger partial charge in [0.15, 0.2) is 6.29 Å². The molecule has 0 amide bonds. The molecule has 1 saturated heterocycles. The predicted molar refractivity (Wildman–Crippen MR) is 51.3 cm³/mol. The van der Waals surface area contributed by atoms with Gasteiger partial charge >= 0.3 is 0 Å². The zero-order valence-corrected chi connectivity index (χ0v) is 8.15.